The highest BCUT2D eigenvalue weighted by molar-refractivity contribution is 5.38. The molecule has 0 aliphatic carbocycles. The Morgan fingerprint density at radius 1 is 1.33 bits per heavy atom. The zero-order valence-corrected chi connectivity index (χ0v) is 8.82. The molecule has 80 valence electrons. The van der Waals surface area contributed by atoms with Gasteiger partial charge in [0.15, 0.2) is 0 Å². The van der Waals surface area contributed by atoms with E-state index in [0.717, 1.165) is 16.9 Å². The maximum Gasteiger partial charge on any atom is 0.235 e. The lowest BCUT2D eigenvalue weighted by atomic mass is 10.1. The van der Waals surface area contributed by atoms with Crippen LogP contribution in [0.4, 0.5) is 0 Å². The van der Waals surface area contributed by atoms with Crippen LogP contribution in [0, 0.1) is 0 Å². The third-order valence-corrected chi connectivity index (χ3v) is 2.03. The Kier molecular flexibility index (Phi) is 4.54. The fourth-order valence-corrected chi connectivity index (χ4v) is 1.29. The first-order valence-corrected chi connectivity index (χ1v) is 4.50. The van der Waals surface area contributed by atoms with Crippen molar-refractivity contribution in [1.29, 1.82) is 0 Å². The molecule has 0 spiro atoms. The van der Waals surface area contributed by atoms with Crippen LogP contribution in [0.3, 0.4) is 0 Å². The van der Waals surface area contributed by atoms with Gasteiger partial charge in [0.05, 0.1) is 20.3 Å². The number of benzene rings is 1. The maximum atomic E-state index is 10.0. The zero-order chi connectivity index (χ0) is 11.1. The molecule has 0 heterocycles. The Hall–Kier alpha value is -1.64. The Morgan fingerprint density at radius 2 is 2.13 bits per heavy atom. The van der Waals surface area contributed by atoms with E-state index >= 15 is 0 Å². The molecule has 4 nitrogen and oxygen atoms in total. The molecule has 0 saturated carbocycles. The SMILES string of the molecule is COCc1cc(OC)ccc1CN=C=O. The second kappa shape index (κ2) is 5.96. The second-order valence-corrected chi connectivity index (χ2v) is 2.98. The monoisotopic (exact) mass is 207 g/mol. The van der Waals surface area contributed by atoms with E-state index in [9.17, 15) is 4.79 Å². The van der Waals surface area contributed by atoms with Crippen molar-refractivity contribution in [3.8, 4) is 5.75 Å². The Bertz CT molecular complexity index is 370. The minimum Gasteiger partial charge on any atom is -0.497 e. The molecule has 1 aromatic carbocycles. The number of hydrogen-bond acceptors (Lipinski definition) is 4. The first-order valence-electron chi connectivity index (χ1n) is 4.50. The molecule has 0 aliphatic heterocycles. The number of rotatable bonds is 5. The van der Waals surface area contributed by atoms with Crippen LogP contribution in [0.25, 0.3) is 0 Å². The first-order chi connectivity index (χ1) is 7.31. The highest BCUT2D eigenvalue weighted by Crippen LogP contribution is 2.19. The topological polar surface area (TPSA) is 47.9 Å². The van der Waals surface area contributed by atoms with Crippen LogP contribution < -0.4 is 4.74 Å². The van der Waals surface area contributed by atoms with Gasteiger partial charge in [-0.15, -0.1) is 0 Å². The summed E-state index contributed by atoms with van der Waals surface area (Å²) < 4.78 is 10.1. The zero-order valence-electron chi connectivity index (χ0n) is 8.82. The van der Waals surface area contributed by atoms with Gasteiger partial charge in [-0.05, 0) is 23.3 Å². The van der Waals surface area contributed by atoms with Gasteiger partial charge >= 0.3 is 0 Å². The average Bonchev–Trinajstić information content (AvgIpc) is 2.27. The summed E-state index contributed by atoms with van der Waals surface area (Å²) in [5, 5.41) is 0. The van der Waals surface area contributed by atoms with Crippen LogP contribution in [-0.4, -0.2) is 20.3 Å². The predicted molar refractivity (Wildman–Crippen MR) is 55.5 cm³/mol. The molecule has 0 bridgehead atoms. The van der Waals surface area contributed by atoms with Crippen LogP contribution in [0.2, 0.25) is 0 Å². The van der Waals surface area contributed by atoms with Gasteiger partial charge in [-0.1, -0.05) is 6.07 Å². The quantitative estimate of drug-likeness (QED) is 0.545. The van der Waals surface area contributed by atoms with Gasteiger partial charge in [0.25, 0.3) is 0 Å². The van der Waals surface area contributed by atoms with Crippen molar-refractivity contribution in [1.82, 2.24) is 0 Å². The van der Waals surface area contributed by atoms with Crippen molar-refractivity contribution >= 4 is 6.08 Å². The number of carbonyl (C=O) groups excluding carboxylic acids is 1. The third-order valence-electron chi connectivity index (χ3n) is 2.03. The summed E-state index contributed by atoms with van der Waals surface area (Å²) in [5.74, 6) is 0.765. The highest BCUT2D eigenvalue weighted by Gasteiger charge is 2.03. The Balaban J connectivity index is 2.97. The van der Waals surface area contributed by atoms with Crippen molar-refractivity contribution in [2.45, 2.75) is 13.2 Å². The minimum absolute atomic E-state index is 0.326. The molecule has 0 N–H and O–H groups in total. The van der Waals surface area contributed by atoms with Crippen LogP contribution in [0.15, 0.2) is 23.2 Å². The number of hydrogen-bond donors (Lipinski definition) is 0. The van der Waals surface area contributed by atoms with Gasteiger partial charge in [0.2, 0.25) is 6.08 Å². The molecule has 0 fully saturated rings. The van der Waals surface area contributed by atoms with Gasteiger partial charge < -0.3 is 9.47 Å². The van der Waals surface area contributed by atoms with E-state index < -0.39 is 0 Å². The third kappa shape index (κ3) is 3.20. The summed E-state index contributed by atoms with van der Waals surface area (Å²) in [6, 6.07) is 5.57. The molecule has 0 aromatic heterocycles. The second-order valence-electron chi connectivity index (χ2n) is 2.98. The van der Waals surface area contributed by atoms with Gasteiger partial charge in [-0.25, -0.2) is 9.79 Å². The standard InChI is InChI=1S/C11H13NO3/c1-14-7-10-5-11(15-2)4-3-9(10)6-12-8-13/h3-5H,6-7H2,1-2H3. The van der Waals surface area contributed by atoms with E-state index in [4.69, 9.17) is 9.47 Å². The van der Waals surface area contributed by atoms with Crippen molar-refractivity contribution in [3.05, 3.63) is 29.3 Å². The number of methoxy groups -OCH3 is 2. The van der Waals surface area contributed by atoms with Gasteiger partial charge in [0, 0.05) is 7.11 Å². The lowest BCUT2D eigenvalue weighted by molar-refractivity contribution is 0.184. The number of aliphatic imine (C=N–C) groups is 1. The largest absolute Gasteiger partial charge is 0.497 e. The maximum absolute atomic E-state index is 10.0. The molecule has 0 radical (unpaired) electrons. The van der Waals surface area contributed by atoms with Crippen molar-refractivity contribution in [2.24, 2.45) is 4.99 Å². The summed E-state index contributed by atoms with van der Waals surface area (Å²) in [6.45, 7) is 0.799. The van der Waals surface area contributed by atoms with E-state index in [1.54, 1.807) is 14.2 Å². The molecular weight excluding hydrogens is 194 g/mol. The molecule has 15 heavy (non-hydrogen) atoms. The van der Waals surface area contributed by atoms with Crippen LogP contribution in [0.1, 0.15) is 11.1 Å². The lowest BCUT2D eigenvalue weighted by Crippen LogP contribution is -1.96. The van der Waals surface area contributed by atoms with Gasteiger partial charge in [-0.3, -0.25) is 0 Å². The van der Waals surface area contributed by atoms with E-state index in [2.05, 4.69) is 4.99 Å². The first kappa shape index (κ1) is 11.4. The summed E-state index contributed by atoms with van der Waals surface area (Å²) in [6.07, 6.45) is 1.52. The fraction of sp³-hybridized carbons (Fsp3) is 0.364. The molecule has 0 aliphatic rings. The van der Waals surface area contributed by atoms with Crippen molar-refractivity contribution in [3.63, 3.8) is 0 Å². The molecule has 1 rings (SSSR count). The van der Waals surface area contributed by atoms with E-state index in [1.807, 2.05) is 18.2 Å². The molecule has 1 aromatic rings. The van der Waals surface area contributed by atoms with Crippen LogP contribution in [-0.2, 0) is 22.7 Å². The Labute approximate surface area is 88.5 Å². The van der Waals surface area contributed by atoms with Gasteiger partial charge in [0.1, 0.15) is 5.75 Å². The summed E-state index contributed by atoms with van der Waals surface area (Å²) in [4.78, 5) is 13.6. The molecule has 4 heteroatoms. The van der Waals surface area contributed by atoms with Crippen LogP contribution >= 0.6 is 0 Å². The summed E-state index contributed by atoms with van der Waals surface area (Å²) in [5.41, 5.74) is 1.91. The normalized spacial score (nSPS) is 9.47. The lowest BCUT2D eigenvalue weighted by Gasteiger charge is -2.08. The van der Waals surface area contributed by atoms with E-state index in [1.165, 1.54) is 6.08 Å². The number of ether oxygens (including phenoxy) is 2. The highest BCUT2D eigenvalue weighted by atomic mass is 16.5. The van der Waals surface area contributed by atoms with Crippen LogP contribution in [0.5, 0.6) is 5.75 Å². The molecule has 0 unspecified atom stereocenters. The molecule has 0 saturated heterocycles. The predicted octanol–water partition coefficient (Wildman–Crippen LogP) is 1.68. The smallest absolute Gasteiger partial charge is 0.235 e. The van der Waals surface area contributed by atoms with Gasteiger partial charge in [-0.2, -0.15) is 0 Å². The average molecular weight is 207 g/mol. The van der Waals surface area contributed by atoms with E-state index in [0.29, 0.717) is 13.2 Å². The number of isocyanates is 1. The fourth-order valence-electron chi connectivity index (χ4n) is 1.29. The molecule has 0 amide bonds. The summed E-state index contributed by atoms with van der Waals surface area (Å²) >= 11 is 0. The minimum atomic E-state index is 0.326. The Morgan fingerprint density at radius 3 is 2.73 bits per heavy atom. The van der Waals surface area contributed by atoms with E-state index in [-0.39, 0.29) is 0 Å². The van der Waals surface area contributed by atoms with Crippen molar-refractivity contribution < 1.29 is 14.3 Å². The number of nitrogens with zero attached hydrogens (tertiary/aromatic N) is 1. The summed E-state index contributed by atoms with van der Waals surface area (Å²) in [7, 11) is 3.22. The molecular formula is C11H13NO3. The van der Waals surface area contributed by atoms with Crippen molar-refractivity contribution in [2.75, 3.05) is 14.2 Å². The molecule has 0 atom stereocenters.